The third-order valence-electron chi connectivity index (χ3n) is 9.45. The number of hydrogen-bond donors (Lipinski definition) is 4. The van der Waals surface area contributed by atoms with Crippen LogP contribution in [0.15, 0.2) is 4.99 Å². The van der Waals surface area contributed by atoms with Crippen molar-refractivity contribution in [3.63, 3.8) is 0 Å². The van der Waals surface area contributed by atoms with Crippen molar-refractivity contribution in [2.24, 2.45) is 16.5 Å². The molecule has 286 valence electrons. The van der Waals surface area contributed by atoms with Gasteiger partial charge in [-0.1, -0.05) is 181 Å². The van der Waals surface area contributed by atoms with Crippen molar-refractivity contribution in [3.05, 3.63) is 0 Å². The molecule has 0 heterocycles. The second-order valence-electron chi connectivity index (χ2n) is 14.1. The summed E-state index contributed by atoms with van der Waals surface area (Å²) in [4.78, 5) is 37.8. The number of hydrogen-bond acceptors (Lipinski definition) is 5. The summed E-state index contributed by atoms with van der Waals surface area (Å²) >= 11 is 0. The minimum absolute atomic E-state index is 0.00832. The van der Waals surface area contributed by atoms with Gasteiger partial charge in [-0.3, -0.25) is 19.7 Å². The Bertz CT molecular complexity index is 759. The SMILES string of the molecule is CCCCCCCCCCCCCCCCN(CCCCCCCCCCCCCCCC)[C@@H](CCCN=C(N)N)C(=O)OP(=O)(O)O. The van der Waals surface area contributed by atoms with Gasteiger partial charge in [0.25, 0.3) is 0 Å². The zero-order chi connectivity index (χ0) is 35.6. The maximum absolute atomic E-state index is 13.0. The van der Waals surface area contributed by atoms with Crippen LogP contribution in [0.3, 0.4) is 0 Å². The lowest BCUT2D eigenvalue weighted by atomic mass is 10.0. The lowest BCUT2D eigenvalue weighted by Gasteiger charge is -2.30. The molecule has 0 aliphatic carbocycles. The third kappa shape index (κ3) is 33.4. The van der Waals surface area contributed by atoms with Gasteiger partial charge in [0.1, 0.15) is 6.04 Å². The maximum atomic E-state index is 13.0. The molecule has 6 N–H and O–H groups in total. The maximum Gasteiger partial charge on any atom is 0.527 e. The minimum Gasteiger partial charge on any atom is -0.370 e. The van der Waals surface area contributed by atoms with Gasteiger partial charge in [-0.2, -0.15) is 0 Å². The number of guanidine groups is 1. The molecule has 10 heteroatoms. The van der Waals surface area contributed by atoms with Gasteiger partial charge in [-0.25, -0.2) is 9.36 Å². The Balaban J connectivity index is 4.63. The highest BCUT2D eigenvalue weighted by molar-refractivity contribution is 7.46. The summed E-state index contributed by atoms with van der Waals surface area (Å²) in [7, 11) is -4.94. The van der Waals surface area contributed by atoms with Crippen LogP contribution in [0.4, 0.5) is 0 Å². The summed E-state index contributed by atoms with van der Waals surface area (Å²) in [5.74, 6) is -0.866. The van der Waals surface area contributed by atoms with Crippen molar-refractivity contribution in [2.45, 2.75) is 213 Å². The van der Waals surface area contributed by atoms with Crippen LogP contribution in [-0.4, -0.2) is 52.3 Å². The van der Waals surface area contributed by atoms with Gasteiger partial charge < -0.3 is 16.0 Å². The van der Waals surface area contributed by atoms with E-state index in [-0.39, 0.29) is 5.96 Å². The molecular formula is C38H79N4O5P. The van der Waals surface area contributed by atoms with Gasteiger partial charge in [-0.05, 0) is 38.8 Å². The fourth-order valence-electron chi connectivity index (χ4n) is 6.56. The second-order valence-corrected chi connectivity index (χ2v) is 15.3. The van der Waals surface area contributed by atoms with E-state index in [1.807, 2.05) is 0 Å². The van der Waals surface area contributed by atoms with E-state index in [9.17, 15) is 19.1 Å². The molecule has 0 aromatic carbocycles. The Labute approximate surface area is 296 Å². The molecule has 0 saturated heterocycles. The summed E-state index contributed by atoms with van der Waals surface area (Å²) in [5.41, 5.74) is 10.9. The number of nitrogens with two attached hydrogens (primary N) is 2. The summed E-state index contributed by atoms with van der Waals surface area (Å²) in [5, 5.41) is 0. The molecule has 0 saturated carbocycles. The summed E-state index contributed by atoms with van der Waals surface area (Å²) in [6.45, 7) is 6.30. The smallest absolute Gasteiger partial charge is 0.370 e. The molecule has 0 fully saturated rings. The van der Waals surface area contributed by atoms with Gasteiger partial charge in [0.05, 0.1) is 0 Å². The van der Waals surface area contributed by atoms with E-state index in [0.29, 0.717) is 32.5 Å². The third-order valence-corrected chi connectivity index (χ3v) is 9.87. The zero-order valence-electron chi connectivity index (χ0n) is 31.5. The first-order chi connectivity index (χ1) is 23.2. The lowest BCUT2D eigenvalue weighted by Crippen LogP contribution is -2.43. The number of phosphoric ester groups is 1. The van der Waals surface area contributed by atoms with Gasteiger partial charge in [-0.15, -0.1) is 0 Å². The van der Waals surface area contributed by atoms with Crippen LogP contribution in [0.2, 0.25) is 0 Å². The molecule has 48 heavy (non-hydrogen) atoms. The topological polar surface area (TPSA) is 151 Å². The molecule has 0 unspecified atom stereocenters. The fourth-order valence-corrected chi connectivity index (χ4v) is 6.92. The van der Waals surface area contributed by atoms with Crippen molar-refractivity contribution in [3.8, 4) is 0 Å². The molecule has 1 atom stereocenters. The zero-order valence-corrected chi connectivity index (χ0v) is 32.4. The van der Waals surface area contributed by atoms with E-state index < -0.39 is 19.8 Å². The highest BCUT2D eigenvalue weighted by Crippen LogP contribution is 2.37. The number of carbonyl (C=O) groups is 1. The molecule has 0 radical (unpaired) electrons. The van der Waals surface area contributed by atoms with Crippen molar-refractivity contribution in [2.75, 3.05) is 19.6 Å². The number of phosphoric acid groups is 1. The molecule has 0 rings (SSSR count). The van der Waals surface area contributed by atoms with Crippen LogP contribution in [0, 0.1) is 0 Å². The first-order valence-electron chi connectivity index (χ1n) is 20.3. The Morgan fingerprint density at radius 2 is 0.896 bits per heavy atom. The van der Waals surface area contributed by atoms with E-state index in [2.05, 4.69) is 28.3 Å². The Morgan fingerprint density at radius 1 is 0.583 bits per heavy atom. The standard InChI is InChI=1S/C38H79N4O5P/c1-3-5-7-9-11-13-15-17-19-21-23-25-27-29-34-42(36(32-31-33-41-38(39)40)37(43)47-48(44,45)46)35-30-28-26-24-22-20-18-16-14-12-10-8-6-4-2/h36H,3-35H2,1-2H3,(H4,39,40,41)(H2,44,45,46)/t36-/m0/s1. The number of unbranched alkanes of at least 4 members (excludes halogenated alkanes) is 26. The van der Waals surface area contributed by atoms with E-state index in [1.54, 1.807) is 0 Å². The van der Waals surface area contributed by atoms with Crippen LogP contribution in [0.25, 0.3) is 0 Å². The van der Waals surface area contributed by atoms with Gasteiger partial charge in [0, 0.05) is 6.54 Å². The highest BCUT2D eigenvalue weighted by Gasteiger charge is 2.31. The molecule has 0 aromatic heterocycles. The molecule has 0 spiro atoms. The monoisotopic (exact) mass is 703 g/mol. The molecule has 0 amide bonds. The van der Waals surface area contributed by atoms with Crippen LogP contribution in [0.5, 0.6) is 0 Å². The number of carbonyl (C=O) groups excluding carboxylic acids is 1. The second kappa shape index (κ2) is 34.3. The molecular weight excluding hydrogens is 623 g/mol. The van der Waals surface area contributed by atoms with Gasteiger partial charge >= 0.3 is 13.8 Å². The van der Waals surface area contributed by atoms with Crippen molar-refractivity contribution in [1.29, 1.82) is 0 Å². The van der Waals surface area contributed by atoms with Crippen molar-refractivity contribution in [1.82, 2.24) is 4.90 Å². The van der Waals surface area contributed by atoms with Crippen LogP contribution >= 0.6 is 7.82 Å². The predicted octanol–water partition coefficient (Wildman–Crippen LogP) is 10.3. The van der Waals surface area contributed by atoms with E-state index in [4.69, 9.17) is 11.5 Å². The molecule has 0 aliphatic rings. The number of rotatable bonds is 37. The quantitative estimate of drug-likeness (QED) is 0.0216. The van der Waals surface area contributed by atoms with Crippen molar-refractivity contribution < 1.29 is 23.7 Å². The molecule has 0 bridgehead atoms. The summed E-state index contributed by atoms with van der Waals surface area (Å²) in [6.07, 6.45) is 36.8. The van der Waals surface area contributed by atoms with Crippen LogP contribution in [0.1, 0.15) is 206 Å². The Kier molecular flexibility index (Phi) is 33.5. The first kappa shape index (κ1) is 46.9. The Morgan fingerprint density at radius 3 is 1.19 bits per heavy atom. The van der Waals surface area contributed by atoms with Crippen LogP contribution < -0.4 is 11.5 Å². The summed E-state index contributed by atoms with van der Waals surface area (Å²) < 4.78 is 16.2. The first-order valence-corrected chi connectivity index (χ1v) is 21.8. The average molecular weight is 703 g/mol. The normalized spacial score (nSPS) is 12.4. The fraction of sp³-hybridized carbons (Fsp3) is 0.947. The van der Waals surface area contributed by atoms with Gasteiger partial charge in [0.15, 0.2) is 5.96 Å². The predicted molar refractivity (Wildman–Crippen MR) is 204 cm³/mol. The highest BCUT2D eigenvalue weighted by atomic mass is 31.2. The minimum atomic E-state index is -4.94. The molecule has 0 aliphatic heterocycles. The van der Waals surface area contributed by atoms with Gasteiger partial charge in [0.2, 0.25) is 0 Å². The Hall–Kier alpha value is -1.15. The van der Waals surface area contributed by atoms with Crippen LogP contribution in [-0.2, 0) is 13.9 Å². The molecule has 9 nitrogen and oxygen atoms in total. The summed E-state index contributed by atoms with van der Waals surface area (Å²) in [6, 6.07) is -0.726. The number of aliphatic imine (C=N–C) groups is 1. The number of nitrogens with zero attached hydrogens (tertiary/aromatic N) is 2. The van der Waals surface area contributed by atoms with Crippen molar-refractivity contribution >= 4 is 19.8 Å². The van der Waals surface area contributed by atoms with E-state index in [1.165, 1.54) is 154 Å². The lowest BCUT2D eigenvalue weighted by molar-refractivity contribution is -0.142. The van der Waals surface area contributed by atoms with E-state index in [0.717, 1.165) is 25.7 Å². The average Bonchev–Trinajstić information content (AvgIpc) is 3.03. The molecule has 0 aromatic rings. The van der Waals surface area contributed by atoms with E-state index >= 15 is 0 Å². The largest absolute Gasteiger partial charge is 0.527 e.